The Morgan fingerprint density at radius 2 is 1.80 bits per heavy atom. The third-order valence-corrected chi connectivity index (χ3v) is 7.52. The van der Waals surface area contributed by atoms with Crippen LogP contribution in [0.15, 0.2) is 82.8 Å². The molecule has 2 heterocycles. The van der Waals surface area contributed by atoms with Gasteiger partial charge in [0.2, 0.25) is 0 Å². The van der Waals surface area contributed by atoms with E-state index in [4.69, 9.17) is 9.73 Å². The van der Waals surface area contributed by atoms with Gasteiger partial charge >= 0.3 is 0 Å². The molecule has 220 valence electrons. The van der Waals surface area contributed by atoms with Crippen molar-refractivity contribution in [2.75, 3.05) is 31.6 Å². The van der Waals surface area contributed by atoms with Crippen LogP contribution in [0.3, 0.4) is 0 Å². The third kappa shape index (κ3) is 9.85. The monoisotopic (exact) mass is 559 g/mol. The van der Waals surface area contributed by atoms with Crippen LogP contribution in [-0.2, 0) is 4.74 Å². The van der Waals surface area contributed by atoms with Gasteiger partial charge in [-0.05, 0) is 107 Å². The van der Waals surface area contributed by atoms with Crippen LogP contribution in [-0.4, -0.2) is 47.7 Å². The van der Waals surface area contributed by atoms with Gasteiger partial charge in [0.05, 0.1) is 12.0 Å². The summed E-state index contributed by atoms with van der Waals surface area (Å²) in [5.74, 6) is 0.950. The number of nitrogens with zero attached hydrogens (tertiary/aromatic N) is 3. The number of benzene rings is 1. The molecule has 2 aromatic rings. The summed E-state index contributed by atoms with van der Waals surface area (Å²) in [6, 6.07) is 6.63. The van der Waals surface area contributed by atoms with E-state index in [-0.39, 0.29) is 17.8 Å². The number of imidazole rings is 1. The second kappa shape index (κ2) is 16.1. The quantitative estimate of drug-likeness (QED) is 0.209. The number of aromatic nitrogens is 2. The predicted molar refractivity (Wildman–Crippen MR) is 169 cm³/mol. The van der Waals surface area contributed by atoms with Gasteiger partial charge in [0.15, 0.2) is 0 Å². The van der Waals surface area contributed by atoms with E-state index in [2.05, 4.69) is 63.8 Å². The Labute approximate surface area is 245 Å². The van der Waals surface area contributed by atoms with E-state index in [9.17, 15) is 4.39 Å². The van der Waals surface area contributed by atoms with Crippen molar-refractivity contribution in [3.8, 4) is 0 Å². The van der Waals surface area contributed by atoms with Crippen molar-refractivity contribution in [2.45, 2.75) is 71.8 Å². The second-order valence-electron chi connectivity index (χ2n) is 10.9. The second-order valence-corrected chi connectivity index (χ2v) is 10.9. The van der Waals surface area contributed by atoms with Gasteiger partial charge in [0.1, 0.15) is 11.7 Å². The lowest BCUT2D eigenvalue weighted by molar-refractivity contribution is 0.139. The molecule has 1 aliphatic carbocycles. The van der Waals surface area contributed by atoms with E-state index in [1.807, 2.05) is 20.2 Å². The fourth-order valence-electron chi connectivity index (χ4n) is 5.40. The Balaban J connectivity index is 1.52. The van der Waals surface area contributed by atoms with Crippen molar-refractivity contribution in [1.29, 1.82) is 0 Å². The number of ether oxygens (including phenoxy) is 1. The van der Waals surface area contributed by atoms with Crippen LogP contribution in [0.2, 0.25) is 0 Å². The molecule has 6 nitrogen and oxygen atoms in total. The average Bonchev–Trinajstić information content (AvgIpc) is 3.39. The number of anilines is 1. The zero-order valence-corrected chi connectivity index (χ0v) is 24.9. The number of halogens is 1. The van der Waals surface area contributed by atoms with Crippen LogP contribution in [0.4, 0.5) is 10.1 Å². The molecule has 0 bridgehead atoms. The Bertz CT molecular complexity index is 1250. The highest BCUT2D eigenvalue weighted by Gasteiger charge is 2.19. The fourth-order valence-corrected chi connectivity index (χ4v) is 5.40. The standard InChI is InChI=1S/C34H46FN5O/c1-4-9-27(20-28-10-6-7-11-30(28)24-40-23-26(3)38-25-40)21-29-12-8-18-36-34(29)39-33(17-19-41-5-2)22-37-32-15-13-31(35)14-16-32/h4,9,13-16,20-21,23-25,27,33,37H,5-8,10-12,17-19,22H2,1-3H3,(H,36,39)/b9-4-,28-20?,29-21+,30-24+. The van der Waals surface area contributed by atoms with Crippen LogP contribution < -0.4 is 10.6 Å². The van der Waals surface area contributed by atoms with Crippen LogP contribution >= 0.6 is 0 Å². The molecule has 0 radical (unpaired) electrons. The molecule has 1 aliphatic heterocycles. The molecule has 0 saturated heterocycles. The molecular weight excluding hydrogens is 513 g/mol. The molecule has 2 aliphatic rings. The van der Waals surface area contributed by atoms with E-state index in [1.165, 1.54) is 41.7 Å². The van der Waals surface area contributed by atoms with Gasteiger partial charge in [-0.3, -0.25) is 4.99 Å². The topological polar surface area (TPSA) is 63.5 Å². The number of allylic oxidation sites excluding steroid dienone is 6. The summed E-state index contributed by atoms with van der Waals surface area (Å²) < 4.78 is 21.1. The van der Waals surface area contributed by atoms with E-state index >= 15 is 0 Å². The third-order valence-electron chi connectivity index (χ3n) is 7.52. The maximum atomic E-state index is 13.4. The number of hydrogen-bond donors (Lipinski definition) is 2. The van der Waals surface area contributed by atoms with Crippen molar-refractivity contribution in [2.24, 2.45) is 10.9 Å². The molecule has 2 N–H and O–H groups in total. The number of rotatable bonds is 12. The summed E-state index contributed by atoms with van der Waals surface area (Å²) >= 11 is 0. The highest BCUT2D eigenvalue weighted by Crippen LogP contribution is 2.31. The molecule has 1 fully saturated rings. The molecule has 1 saturated carbocycles. The zero-order valence-electron chi connectivity index (χ0n) is 24.9. The van der Waals surface area contributed by atoms with Crippen molar-refractivity contribution >= 4 is 17.7 Å². The minimum atomic E-state index is -0.230. The predicted octanol–water partition coefficient (Wildman–Crippen LogP) is 7.48. The molecule has 0 amide bonds. The van der Waals surface area contributed by atoms with E-state index in [0.717, 1.165) is 55.9 Å². The molecule has 7 heteroatoms. The van der Waals surface area contributed by atoms with Gasteiger partial charge < -0.3 is 19.9 Å². The molecule has 4 rings (SSSR count). The minimum absolute atomic E-state index is 0.122. The minimum Gasteiger partial charge on any atom is -0.383 e. The number of nitrogens with one attached hydrogen (secondary N) is 2. The van der Waals surface area contributed by atoms with Crippen molar-refractivity contribution < 1.29 is 9.13 Å². The first kappa shape index (κ1) is 30.5. The molecule has 1 aromatic heterocycles. The lowest BCUT2D eigenvalue weighted by Crippen LogP contribution is -2.42. The first-order valence-corrected chi connectivity index (χ1v) is 15.2. The van der Waals surface area contributed by atoms with E-state index in [1.54, 1.807) is 12.1 Å². The van der Waals surface area contributed by atoms with Crippen molar-refractivity contribution in [1.82, 2.24) is 14.9 Å². The number of aliphatic imine (C=N–C) groups is 1. The first-order chi connectivity index (χ1) is 20.0. The van der Waals surface area contributed by atoms with Gasteiger partial charge in [-0.1, -0.05) is 24.3 Å². The van der Waals surface area contributed by atoms with Gasteiger partial charge in [-0.25, -0.2) is 9.37 Å². The van der Waals surface area contributed by atoms with E-state index in [0.29, 0.717) is 19.8 Å². The Morgan fingerprint density at radius 3 is 2.54 bits per heavy atom. The Kier molecular flexibility index (Phi) is 12.0. The number of aryl methyl sites for hydroxylation is 1. The van der Waals surface area contributed by atoms with Gasteiger partial charge in [-0.2, -0.15) is 0 Å². The summed E-state index contributed by atoms with van der Waals surface area (Å²) in [5, 5.41) is 7.19. The molecule has 2 unspecified atom stereocenters. The van der Waals surface area contributed by atoms with E-state index < -0.39 is 0 Å². The van der Waals surface area contributed by atoms with Gasteiger partial charge in [-0.15, -0.1) is 0 Å². The van der Waals surface area contributed by atoms with Crippen molar-refractivity contribution in [3.05, 3.63) is 89.3 Å². The van der Waals surface area contributed by atoms with Crippen LogP contribution in [0.25, 0.3) is 6.20 Å². The number of hydrogen-bond acceptors (Lipinski definition) is 5. The van der Waals surface area contributed by atoms with Crippen LogP contribution in [0, 0.1) is 18.7 Å². The Morgan fingerprint density at radius 1 is 1.05 bits per heavy atom. The molecule has 1 aromatic carbocycles. The van der Waals surface area contributed by atoms with Crippen molar-refractivity contribution in [3.63, 3.8) is 0 Å². The summed E-state index contributed by atoms with van der Waals surface area (Å²) in [6.07, 6.45) is 23.0. The maximum Gasteiger partial charge on any atom is 0.124 e. The SMILES string of the molecule is C/C=C\C(C=C1CCCC/C1=C\n1cnc(C)c1)/C=C1\CCCN=C1NC(CCOCC)CNc1ccc(F)cc1. The molecule has 41 heavy (non-hydrogen) atoms. The van der Waals surface area contributed by atoms with Gasteiger partial charge in [0.25, 0.3) is 0 Å². The molecule has 0 spiro atoms. The lowest BCUT2D eigenvalue weighted by Gasteiger charge is -2.26. The largest absolute Gasteiger partial charge is 0.383 e. The van der Waals surface area contributed by atoms with Crippen LogP contribution in [0.1, 0.15) is 64.5 Å². The first-order valence-electron chi connectivity index (χ1n) is 15.2. The smallest absolute Gasteiger partial charge is 0.124 e. The molecule has 2 atom stereocenters. The maximum absolute atomic E-state index is 13.4. The van der Waals surface area contributed by atoms with Gasteiger partial charge in [0, 0.05) is 56.3 Å². The lowest BCUT2D eigenvalue weighted by atomic mass is 9.87. The average molecular weight is 560 g/mol. The summed E-state index contributed by atoms with van der Waals surface area (Å²) in [5.41, 5.74) is 6.04. The highest BCUT2D eigenvalue weighted by atomic mass is 19.1. The normalized spacial score (nSPS) is 20.5. The summed E-state index contributed by atoms with van der Waals surface area (Å²) in [7, 11) is 0. The molecular formula is C34H46FN5O. The summed E-state index contributed by atoms with van der Waals surface area (Å²) in [6.45, 7) is 9.02. The number of amidine groups is 1. The highest BCUT2D eigenvalue weighted by molar-refractivity contribution is 5.99. The zero-order chi connectivity index (χ0) is 28.9. The van der Waals surface area contributed by atoms with Crippen LogP contribution in [0.5, 0.6) is 0 Å². The Hall–Kier alpha value is -3.45. The fraction of sp³-hybridized carbons (Fsp3) is 0.471. The summed E-state index contributed by atoms with van der Waals surface area (Å²) in [4.78, 5) is 9.33.